The van der Waals surface area contributed by atoms with Crippen molar-refractivity contribution in [2.45, 2.75) is 32.1 Å². The number of fused-ring (bicyclic) bond motifs is 1. The summed E-state index contributed by atoms with van der Waals surface area (Å²) < 4.78 is 5.71. The van der Waals surface area contributed by atoms with Gasteiger partial charge in [0.15, 0.2) is 0 Å². The molecule has 1 aromatic heterocycles. The fourth-order valence-corrected chi connectivity index (χ4v) is 2.74. The number of nitrogens with one attached hydrogen (secondary N) is 1. The van der Waals surface area contributed by atoms with Gasteiger partial charge < -0.3 is 10.2 Å². The first-order valence-electron chi connectivity index (χ1n) is 7.38. The van der Waals surface area contributed by atoms with E-state index in [1.165, 1.54) is 0 Å². The summed E-state index contributed by atoms with van der Waals surface area (Å²) >= 11 is 0. The van der Waals surface area contributed by atoms with E-state index in [1.807, 2.05) is 24.3 Å². The maximum atomic E-state index is 5.71. The van der Waals surface area contributed by atoms with Crippen LogP contribution >= 0.6 is 0 Å². The Balaban J connectivity index is 2.02. The molecule has 2 aromatic rings. The molecule has 0 aliphatic carbocycles. The van der Waals surface area contributed by atoms with Gasteiger partial charge in [0.1, 0.15) is 17.4 Å². The van der Waals surface area contributed by atoms with Crippen molar-refractivity contribution in [1.82, 2.24) is 9.97 Å². The number of hydrazine groups is 1. The predicted molar refractivity (Wildman–Crippen MR) is 82.2 cm³/mol. The number of rotatable bonds is 4. The highest BCUT2D eigenvalue weighted by Gasteiger charge is 2.25. The molecule has 5 nitrogen and oxygen atoms in total. The SMILES string of the molecule is CCCc1cc(NN)nc(C2CCOc3ccccc32)n1. The number of aromatic nitrogens is 2. The zero-order valence-electron chi connectivity index (χ0n) is 12.2. The minimum atomic E-state index is 0.166. The molecule has 1 atom stereocenters. The molecule has 1 aliphatic rings. The van der Waals surface area contributed by atoms with Crippen molar-refractivity contribution < 1.29 is 4.74 Å². The highest BCUT2D eigenvalue weighted by Crippen LogP contribution is 2.36. The van der Waals surface area contributed by atoms with E-state index in [0.29, 0.717) is 12.4 Å². The smallest absolute Gasteiger partial charge is 0.143 e. The van der Waals surface area contributed by atoms with Gasteiger partial charge in [-0.1, -0.05) is 31.5 Å². The van der Waals surface area contributed by atoms with Crippen LogP contribution in [0.15, 0.2) is 30.3 Å². The molecule has 2 heterocycles. The summed E-state index contributed by atoms with van der Waals surface area (Å²) in [6, 6.07) is 10.0. The Morgan fingerprint density at radius 2 is 2.19 bits per heavy atom. The van der Waals surface area contributed by atoms with Gasteiger partial charge in [0.05, 0.1) is 12.5 Å². The Bertz CT molecular complexity index is 629. The number of hydrogen-bond acceptors (Lipinski definition) is 5. The van der Waals surface area contributed by atoms with Gasteiger partial charge in [0, 0.05) is 17.3 Å². The molecule has 0 spiro atoms. The summed E-state index contributed by atoms with van der Waals surface area (Å²) in [5.74, 6) is 8.14. The first-order chi connectivity index (χ1) is 10.3. The van der Waals surface area contributed by atoms with Crippen LogP contribution in [0.1, 0.15) is 42.8 Å². The van der Waals surface area contributed by atoms with Gasteiger partial charge in [-0.05, 0) is 18.9 Å². The number of ether oxygens (including phenoxy) is 1. The first-order valence-corrected chi connectivity index (χ1v) is 7.38. The molecule has 21 heavy (non-hydrogen) atoms. The van der Waals surface area contributed by atoms with Crippen LogP contribution in [-0.4, -0.2) is 16.6 Å². The van der Waals surface area contributed by atoms with E-state index in [0.717, 1.165) is 42.1 Å². The topological polar surface area (TPSA) is 73.1 Å². The van der Waals surface area contributed by atoms with Crippen LogP contribution in [0.3, 0.4) is 0 Å². The molecule has 3 N–H and O–H groups in total. The average molecular weight is 284 g/mol. The largest absolute Gasteiger partial charge is 0.493 e. The normalized spacial score (nSPS) is 17.0. The number of nitrogens with zero attached hydrogens (tertiary/aromatic N) is 2. The van der Waals surface area contributed by atoms with Crippen LogP contribution in [0.25, 0.3) is 0 Å². The van der Waals surface area contributed by atoms with Crippen molar-refractivity contribution in [2.75, 3.05) is 12.0 Å². The maximum Gasteiger partial charge on any atom is 0.143 e. The summed E-state index contributed by atoms with van der Waals surface area (Å²) in [7, 11) is 0. The van der Waals surface area contributed by atoms with Crippen molar-refractivity contribution >= 4 is 5.82 Å². The molecule has 1 aromatic carbocycles. The third-order valence-corrected chi connectivity index (χ3v) is 3.72. The van der Waals surface area contributed by atoms with E-state index in [4.69, 9.17) is 15.6 Å². The quantitative estimate of drug-likeness (QED) is 0.667. The van der Waals surface area contributed by atoms with Crippen molar-refractivity contribution in [3.8, 4) is 5.75 Å². The Morgan fingerprint density at radius 3 is 3.00 bits per heavy atom. The Labute approximate surface area is 124 Å². The van der Waals surface area contributed by atoms with Crippen LogP contribution in [0.5, 0.6) is 5.75 Å². The second kappa shape index (κ2) is 6.10. The molecule has 0 amide bonds. The Hall–Kier alpha value is -2.14. The van der Waals surface area contributed by atoms with Gasteiger partial charge in [-0.3, -0.25) is 0 Å². The van der Waals surface area contributed by atoms with E-state index < -0.39 is 0 Å². The molecular formula is C16H20N4O. The summed E-state index contributed by atoms with van der Waals surface area (Å²) in [5, 5.41) is 0. The second-order valence-electron chi connectivity index (χ2n) is 5.22. The van der Waals surface area contributed by atoms with Gasteiger partial charge in [0.25, 0.3) is 0 Å². The zero-order valence-corrected chi connectivity index (χ0v) is 12.2. The number of aryl methyl sites for hydroxylation is 1. The van der Waals surface area contributed by atoms with Crippen molar-refractivity contribution in [3.63, 3.8) is 0 Å². The highest BCUT2D eigenvalue weighted by atomic mass is 16.5. The monoisotopic (exact) mass is 284 g/mol. The number of para-hydroxylation sites is 1. The third-order valence-electron chi connectivity index (χ3n) is 3.72. The molecular weight excluding hydrogens is 264 g/mol. The predicted octanol–water partition coefficient (Wildman–Crippen LogP) is 2.63. The minimum Gasteiger partial charge on any atom is -0.493 e. The molecule has 0 saturated heterocycles. The standard InChI is InChI=1S/C16H20N4O/c1-2-5-11-10-15(20-17)19-16(18-11)13-8-9-21-14-7-4-3-6-12(13)14/h3-4,6-7,10,13H,2,5,8-9,17H2,1H3,(H,18,19,20). The van der Waals surface area contributed by atoms with Crippen LogP contribution in [0.4, 0.5) is 5.82 Å². The van der Waals surface area contributed by atoms with Gasteiger partial charge in [0.2, 0.25) is 0 Å². The zero-order chi connectivity index (χ0) is 14.7. The Morgan fingerprint density at radius 1 is 1.33 bits per heavy atom. The number of hydrogen-bond donors (Lipinski definition) is 2. The number of nitrogens with two attached hydrogens (primary N) is 1. The van der Waals surface area contributed by atoms with E-state index >= 15 is 0 Å². The maximum absolute atomic E-state index is 5.71. The number of nitrogen functional groups attached to an aromatic ring is 1. The lowest BCUT2D eigenvalue weighted by Crippen LogP contribution is -2.19. The third kappa shape index (κ3) is 2.83. The molecule has 5 heteroatoms. The lowest BCUT2D eigenvalue weighted by atomic mass is 9.92. The average Bonchev–Trinajstić information content (AvgIpc) is 2.54. The molecule has 1 aliphatic heterocycles. The van der Waals surface area contributed by atoms with E-state index in [1.54, 1.807) is 0 Å². The lowest BCUT2D eigenvalue weighted by molar-refractivity contribution is 0.274. The highest BCUT2D eigenvalue weighted by molar-refractivity contribution is 5.43. The molecule has 0 fully saturated rings. The van der Waals surface area contributed by atoms with Gasteiger partial charge in [-0.2, -0.15) is 0 Å². The van der Waals surface area contributed by atoms with Crippen LogP contribution in [0.2, 0.25) is 0 Å². The fraction of sp³-hybridized carbons (Fsp3) is 0.375. The minimum absolute atomic E-state index is 0.166. The number of benzene rings is 1. The fourth-order valence-electron chi connectivity index (χ4n) is 2.74. The summed E-state index contributed by atoms with van der Waals surface area (Å²) in [5.41, 5.74) is 4.83. The van der Waals surface area contributed by atoms with Crippen molar-refractivity contribution in [3.05, 3.63) is 47.4 Å². The summed E-state index contributed by atoms with van der Waals surface area (Å²) in [6.45, 7) is 2.83. The molecule has 3 rings (SSSR count). The van der Waals surface area contributed by atoms with Crippen LogP contribution in [0, 0.1) is 0 Å². The Kier molecular flexibility index (Phi) is 4.01. The van der Waals surface area contributed by atoms with E-state index in [9.17, 15) is 0 Å². The van der Waals surface area contributed by atoms with Crippen LogP contribution < -0.4 is 16.0 Å². The molecule has 0 saturated carbocycles. The van der Waals surface area contributed by atoms with Gasteiger partial charge >= 0.3 is 0 Å². The summed E-state index contributed by atoms with van der Waals surface area (Å²) in [6.07, 6.45) is 2.86. The molecule has 110 valence electrons. The van der Waals surface area contributed by atoms with Gasteiger partial charge in [-0.25, -0.2) is 15.8 Å². The molecule has 0 bridgehead atoms. The molecule has 0 radical (unpaired) electrons. The van der Waals surface area contributed by atoms with Crippen LogP contribution in [-0.2, 0) is 6.42 Å². The van der Waals surface area contributed by atoms with Gasteiger partial charge in [-0.15, -0.1) is 0 Å². The second-order valence-corrected chi connectivity index (χ2v) is 5.22. The van der Waals surface area contributed by atoms with Crippen molar-refractivity contribution in [2.24, 2.45) is 5.84 Å². The number of anilines is 1. The van der Waals surface area contributed by atoms with E-state index in [2.05, 4.69) is 23.4 Å². The first kappa shape index (κ1) is 13.8. The van der Waals surface area contributed by atoms with E-state index in [-0.39, 0.29) is 5.92 Å². The van der Waals surface area contributed by atoms with Crippen molar-refractivity contribution in [1.29, 1.82) is 0 Å². The molecule has 1 unspecified atom stereocenters. The summed E-state index contributed by atoms with van der Waals surface area (Å²) in [4.78, 5) is 9.29. The lowest BCUT2D eigenvalue weighted by Gasteiger charge is -2.25.